The minimum Gasteiger partial charge on any atom is -0.377 e. The van der Waals surface area contributed by atoms with Gasteiger partial charge < -0.3 is 5.11 Å². The van der Waals surface area contributed by atoms with Crippen LogP contribution in [-0.2, 0) is 17.6 Å². The van der Waals surface area contributed by atoms with Gasteiger partial charge in [0.05, 0.1) is 11.6 Å². The Labute approximate surface area is 180 Å². The number of rotatable bonds is 6. The maximum atomic E-state index is 16.1. The van der Waals surface area contributed by atoms with Crippen LogP contribution >= 0.6 is 0 Å². The van der Waals surface area contributed by atoms with E-state index in [9.17, 15) is 13.9 Å². The number of nitrogens with zero attached hydrogens (tertiary/aromatic N) is 5. The summed E-state index contributed by atoms with van der Waals surface area (Å²) in [4.78, 5) is 0.762. The predicted octanol–water partition coefficient (Wildman–Crippen LogP) is 3.47. The standard InChI is InChI=1S/C22H17F4N5O/c23-16-5-6-17(18(24)7-16)21(32,12-31-29-13-28-30-31)22(25,26)20-9-19(10-20,11-20)15-3-1-14(8-27)2-4-15/h1-7,13,32H,9-12H2. The molecule has 10 heteroatoms. The molecule has 3 saturated carbocycles. The molecule has 0 spiro atoms. The van der Waals surface area contributed by atoms with Crippen molar-refractivity contribution >= 4 is 0 Å². The lowest BCUT2D eigenvalue weighted by Gasteiger charge is -2.74. The molecule has 1 N–H and O–H groups in total. The molecular weight excluding hydrogens is 426 g/mol. The lowest BCUT2D eigenvalue weighted by Crippen LogP contribution is -2.76. The summed E-state index contributed by atoms with van der Waals surface area (Å²) in [7, 11) is 0. The summed E-state index contributed by atoms with van der Waals surface area (Å²) in [6.07, 6.45) is 1.29. The van der Waals surface area contributed by atoms with Gasteiger partial charge in [-0.15, -0.1) is 10.2 Å². The Morgan fingerprint density at radius 1 is 1.09 bits per heavy atom. The molecule has 164 valence electrons. The smallest absolute Gasteiger partial charge is 0.287 e. The van der Waals surface area contributed by atoms with Crippen molar-refractivity contribution in [1.82, 2.24) is 20.2 Å². The first-order valence-corrected chi connectivity index (χ1v) is 9.92. The van der Waals surface area contributed by atoms with E-state index in [4.69, 9.17) is 5.26 Å². The van der Waals surface area contributed by atoms with Crippen LogP contribution in [0.2, 0.25) is 0 Å². The summed E-state index contributed by atoms with van der Waals surface area (Å²) in [5.74, 6) is -6.00. The second-order valence-corrected chi connectivity index (χ2v) is 8.81. The third kappa shape index (κ3) is 2.64. The van der Waals surface area contributed by atoms with Crippen molar-refractivity contribution in [2.75, 3.05) is 0 Å². The molecule has 0 amide bonds. The number of hydrogen-bond donors (Lipinski definition) is 1. The van der Waals surface area contributed by atoms with Crippen molar-refractivity contribution in [2.24, 2.45) is 5.41 Å². The summed E-state index contributed by atoms with van der Waals surface area (Å²) >= 11 is 0. The highest BCUT2D eigenvalue weighted by Gasteiger charge is 2.82. The maximum Gasteiger partial charge on any atom is 0.287 e. The number of nitriles is 1. The molecule has 0 saturated heterocycles. The molecule has 1 atom stereocenters. The van der Waals surface area contributed by atoms with Gasteiger partial charge in [-0.3, -0.25) is 0 Å². The van der Waals surface area contributed by atoms with E-state index in [1.54, 1.807) is 24.3 Å². The monoisotopic (exact) mass is 443 g/mol. The summed E-state index contributed by atoms with van der Waals surface area (Å²) in [5, 5.41) is 31.0. The first kappa shape index (κ1) is 20.6. The van der Waals surface area contributed by atoms with Crippen LogP contribution in [0.15, 0.2) is 48.8 Å². The molecule has 3 aromatic rings. The molecule has 0 radical (unpaired) electrons. The molecule has 2 bridgehead atoms. The zero-order valence-electron chi connectivity index (χ0n) is 16.6. The van der Waals surface area contributed by atoms with Crippen molar-refractivity contribution < 1.29 is 22.7 Å². The average Bonchev–Trinajstić information content (AvgIpc) is 3.18. The van der Waals surface area contributed by atoms with Crippen molar-refractivity contribution in [1.29, 1.82) is 5.26 Å². The van der Waals surface area contributed by atoms with Gasteiger partial charge in [0.25, 0.3) is 5.92 Å². The molecule has 1 unspecified atom stereocenters. The van der Waals surface area contributed by atoms with E-state index in [1.807, 2.05) is 6.07 Å². The molecule has 32 heavy (non-hydrogen) atoms. The zero-order chi connectivity index (χ0) is 22.8. The van der Waals surface area contributed by atoms with Crippen LogP contribution in [0.5, 0.6) is 0 Å². The molecule has 2 aromatic carbocycles. The highest BCUT2D eigenvalue weighted by molar-refractivity contribution is 5.45. The van der Waals surface area contributed by atoms with Gasteiger partial charge in [0, 0.05) is 17.0 Å². The van der Waals surface area contributed by atoms with Crippen LogP contribution in [0, 0.1) is 28.4 Å². The Morgan fingerprint density at radius 2 is 1.78 bits per heavy atom. The van der Waals surface area contributed by atoms with Crippen molar-refractivity contribution in [2.45, 2.75) is 42.7 Å². The minimum absolute atomic E-state index is 0.0921. The number of tetrazole rings is 1. The van der Waals surface area contributed by atoms with E-state index in [0.717, 1.165) is 28.8 Å². The van der Waals surface area contributed by atoms with Gasteiger partial charge in [-0.05, 0) is 59.7 Å². The highest BCUT2D eigenvalue weighted by Crippen LogP contribution is 2.80. The quantitative estimate of drug-likeness (QED) is 0.590. The second kappa shape index (κ2) is 6.59. The van der Waals surface area contributed by atoms with Crippen molar-refractivity contribution in [3.8, 4) is 6.07 Å². The van der Waals surface area contributed by atoms with Crippen molar-refractivity contribution in [3.05, 3.63) is 77.1 Å². The molecule has 1 heterocycles. The van der Waals surface area contributed by atoms with Crippen molar-refractivity contribution in [3.63, 3.8) is 0 Å². The van der Waals surface area contributed by atoms with Crippen LogP contribution in [0.1, 0.15) is 36.0 Å². The van der Waals surface area contributed by atoms with Gasteiger partial charge in [-0.2, -0.15) is 10.1 Å². The summed E-state index contributed by atoms with van der Waals surface area (Å²) in [5.41, 5.74) is -4.45. The number of alkyl halides is 2. The number of benzene rings is 2. The SMILES string of the molecule is N#Cc1ccc(C23CC(C(F)(F)C(O)(Cn4ncnn4)c4ccc(F)cc4F)(C2)C3)cc1. The highest BCUT2D eigenvalue weighted by atomic mass is 19.3. The molecule has 3 fully saturated rings. The fourth-order valence-electron chi connectivity index (χ4n) is 5.41. The van der Waals surface area contributed by atoms with E-state index < -0.39 is 46.1 Å². The minimum atomic E-state index is -3.78. The summed E-state index contributed by atoms with van der Waals surface area (Å²) in [6, 6.07) is 10.9. The number of halogens is 4. The Morgan fingerprint density at radius 3 is 2.34 bits per heavy atom. The number of aromatic nitrogens is 4. The third-order valence-electron chi connectivity index (χ3n) is 6.98. The van der Waals surface area contributed by atoms with E-state index in [-0.39, 0.29) is 19.3 Å². The van der Waals surface area contributed by atoms with Crippen LogP contribution in [0.4, 0.5) is 17.6 Å². The molecule has 6 rings (SSSR count). The molecule has 0 aliphatic heterocycles. The van der Waals surface area contributed by atoms with E-state index in [0.29, 0.717) is 11.6 Å². The van der Waals surface area contributed by atoms with Crippen LogP contribution in [0.3, 0.4) is 0 Å². The van der Waals surface area contributed by atoms with Gasteiger partial charge in [0.1, 0.15) is 18.2 Å². The molecular formula is C22H17F4N5O. The molecule has 3 aliphatic carbocycles. The van der Waals surface area contributed by atoms with Gasteiger partial charge in [-0.25, -0.2) is 17.6 Å². The largest absolute Gasteiger partial charge is 0.377 e. The van der Waals surface area contributed by atoms with Gasteiger partial charge in [-0.1, -0.05) is 12.1 Å². The fourth-order valence-corrected chi connectivity index (χ4v) is 5.41. The Kier molecular flexibility index (Phi) is 4.24. The summed E-state index contributed by atoms with van der Waals surface area (Å²) in [6.45, 7) is -0.853. The van der Waals surface area contributed by atoms with Gasteiger partial charge in [0.15, 0.2) is 11.9 Å². The zero-order valence-corrected chi connectivity index (χ0v) is 16.6. The lowest BCUT2D eigenvalue weighted by molar-refractivity contribution is -0.348. The van der Waals surface area contributed by atoms with Crippen LogP contribution in [0.25, 0.3) is 0 Å². The van der Waals surface area contributed by atoms with Crippen LogP contribution in [-0.4, -0.2) is 31.2 Å². The molecule has 6 nitrogen and oxygen atoms in total. The Hall–Kier alpha value is -3.32. The Balaban J connectivity index is 1.50. The second-order valence-electron chi connectivity index (χ2n) is 8.81. The molecule has 3 aliphatic rings. The third-order valence-corrected chi connectivity index (χ3v) is 6.98. The van der Waals surface area contributed by atoms with E-state index in [1.165, 1.54) is 0 Å². The predicted molar refractivity (Wildman–Crippen MR) is 102 cm³/mol. The Bertz CT molecular complexity index is 1200. The number of aliphatic hydroxyl groups is 1. The van der Waals surface area contributed by atoms with Crippen LogP contribution < -0.4 is 0 Å². The maximum absolute atomic E-state index is 16.1. The van der Waals surface area contributed by atoms with E-state index >= 15 is 8.78 Å². The van der Waals surface area contributed by atoms with Gasteiger partial charge in [0.2, 0.25) is 0 Å². The number of hydrogen-bond acceptors (Lipinski definition) is 5. The molecule has 1 aromatic heterocycles. The van der Waals surface area contributed by atoms with E-state index in [2.05, 4.69) is 15.4 Å². The topological polar surface area (TPSA) is 87.6 Å². The lowest BCUT2D eigenvalue weighted by atomic mass is 9.30. The normalized spacial score (nSPS) is 25.9. The first-order chi connectivity index (χ1) is 15.1. The van der Waals surface area contributed by atoms with Gasteiger partial charge >= 0.3 is 0 Å². The average molecular weight is 443 g/mol. The fraction of sp³-hybridized carbons (Fsp3) is 0.364. The summed E-state index contributed by atoms with van der Waals surface area (Å²) < 4.78 is 60.2. The first-order valence-electron chi connectivity index (χ1n) is 9.92.